The summed E-state index contributed by atoms with van der Waals surface area (Å²) in [5, 5.41) is 21.2. The Hall–Kier alpha value is -3.73. The van der Waals surface area contributed by atoms with Crippen LogP contribution in [0.3, 0.4) is 0 Å². The van der Waals surface area contributed by atoms with Gasteiger partial charge in [-0.15, -0.1) is 0 Å². The number of quaternary nitrogens is 1. The van der Waals surface area contributed by atoms with E-state index in [0.717, 1.165) is 39.6 Å². The van der Waals surface area contributed by atoms with Crippen LogP contribution in [0.2, 0.25) is 0 Å². The van der Waals surface area contributed by atoms with Gasteiger partial charge in [-0.1, -0.05) is 0 Å². The van der Waals surface area contributed by atoms with Crippen molar-refractivity contribution >= 4 is 33.5 Å². The number of benzene rings is 1. The lowest BCUT2D eigenvalue weighted by molar-refractivity contribution is -0.992. The number of pyridine rings is 1. The number of nitrogens with zero attached hydrogens (tertiary/aromatic N) is 2. The number of aromatic nitrogens is 1. The van der Waals surface area contributed by atoms with E-state index in [4.69, 9.17) is 8.83 Å². The van der Waals surface area contributed by atoms with Crippen molar-refractivity contribution in [1.82, 2.24) is 9.47 Å². The van der Waals surface area contributed by atoms with Crippen molar-refractivity contribution in [2.24, 2.45) is 5.92 Å². The van der Waals surface area contributed by atoms with Crippen molar-refractivity contribution in [3.63, 3.8) is 0 Å². The predicted molar refractivity (Wildman–Crippen MR) is 134 cm³/mol. The van der Waals surface area contributed by atoms with E-state index in [1.54, 1.807) is 21.8 Å². The average Bonchev–Trinajstić information content (AvgIpc) is 3.23. The molecule has 3 atom stereocenters. The highest BCUT2D eigenvalue weighted by molar-refractivity contribution is 6.00. The Labute approximate surface area is 210 Å². The van der Waals surface area contributed by atoms with Gasteiger partial charge >= 0.3 is 11.2 Å². The first kappa shape index (κ1) is 23.7. The Morgan fingerprint density at radius 1 is 1.11 bits per heavy atom. The second kappa shape index (κ2) is 8.41. The number of amides is 1. The summed E-state index contributed by atoms with van der Waals surface area (Å²) >= 11 is 0. The number of hydrogen-bond acceptors (Lipinski definition) is 7. The van der Waals surface area contributed by atoms with Gasteiger partial charge in [0.25, 0.3) is 0 Å². The van der Waals surface area contributed by atoms with Crippen molar-refractivity contribution in [2.45, 2.75) is 46.1 Å². The van der Waals surface area contributed by atoms with Crippen molar-refractivity contribution in [3.8, 4) is 0 Å². The Balaban J connectivity index is 1.31. The molecule has 2 bridgehead atoms. The smallest absolute Gasteiger partial charge is 0.340 e. The number of aryl methyl sites for hydroxylation is 3. The maximum atomic E-state index is 13.4. The van der Waals surface area contributed by atoms with E-state index in [9.17, 15) is 24.8 Å². The highest BCUT2D eigenvalue weighted by Gasteiger charge is 2.37. The summed E-state index contributed by atoms with van der Waals surface area (Å²) in [6.45, 7) is 6.88. The van der Waals surface area contributed by atoms with Gasteiger partial charge < -0.3 is 23.5 Å². The maximum absolute atomic E-state index is 13.4. The summed E-state index contributed by atoms with van der Waals surface area (Å²) in [5.74, 6) is -0.202. The average molecular weight is 506 g/mol. The molecule has 6 rings (SSSR count). The SMILES string of the molecule is Cc1coc2c(C)c3oc(=O)c(CC(=O)N4CC5CC(C4)c4ccc([NH+]([O-])O)c(=O)n4C5)c(C)c3cc12. The van der Waals surface area contributed by atoms with Gasteiger partial charge in [0.2, 0.25) is 11.6 Å². The Kier molecular flexibility index (Phi) is 5.37. The van der Waals surface area contributed by atoms with Gasteiger partial charge in [0, 0.05) is 53.6 Å². The fourth-order valence-corrected chi connectivity index (χ4v) is 6.10. The van der Waals surface area contributed by atoms with Gasteiger partial charge in [-0.05, 0) is 56.4 Å². The number of rotatable bonds is 3. The lowest BCUT2D eigenvalue weighted by Crippen LogP contribution is -3.00. The third-order valence-corrected chi connectivity index (χ3v) is 8.05. The number of nitrogens with one attached hydrogen (secondary N) is 1. The molecule has 1 aromatic carbocycles. The van der Waals surface area contributed by atoms with Crippen molar-refractivity contribution < 1.29 is 24.1 Å². The van der Waals surface area contributed by atoms with Crippen LogP contribution in [0.25, 0.3) is 21.9 Å². The van der Waals surface area contributed by atoms with Crippen LogP contribution in [-0.4, -0.2) is 33.7 Å². The number of carbonyl (C=O) groups excluding carboxylic acids is 1. The molecule has 1 fully saturated rings. The van der Waals surface area contributed by atoms with Crippen LogP contribution < -0.4 is 16.4 Å². The molecule has 192 valence electrons. The molecule has 4 aromatic rings. The molecular weight excluding hydrogens is 478 g/mol. The first-order valence-corrected chi connectivity index (χ1v) is 12.3. The summed E-state index contributed by atoms with van der Waals surface area (Å²) in [6.07, 6.45) is 2.43. The first-order valence-electron chi connectivity index (χ1n) is 12.3. The molecule has 10 nitrogen and oxygen atoms in total. The molecule has 0 aliphatic carbocycles. The number of furan rings is 1. The van der Waals surface area contributed by atoms with E-state index in [1.807, 2.05) is 26.8 Å². The molecule has 2 aliphatic rings. The fraction of sp³-hybridized carbons (Fsp3) is 0.370. The van der Waals surface area contributed by atoms with E-state index in [1.165, 1.54) is 6.07 Å². The quantitative estimate of drug-likeness (QED) is 0.322. The molecule has 1 saturated heterocycles. The zero-order chi connectivity index (χ0) is 26.2. The summed E-state index contributed by atoms with van der Waals surface area (Å²) in [5.41, 5.74) is 3.44. The number of piperidine rings is 1. The minimum Gasteiger partial charge on any atom is -0.595 e. The third-order valence-electron chi connectivity index (χ3n) is 8.05. The highest BCUT2D eigenvalue weighted by Crippen LogP contribution is 2.36. The normalized spacial score (nSPS) is 19.9. The van der Waals surface area contributed by atoms with Crippen molar-refractivity contribution in [3.05, 3.63) is 78.4 Å². The topological polar surface area (TPSA) is 133 Å². The van der Waals surface area contributed by atoms with Crippen LogP contribution in [0.1, 0.15) is 40.3 Å². The minimum atomic E-state index is -1.24. The van der Waals surface area contributed by atoms with E-state index in [-0.39, 0.29) is 29.9 Å². The second-order valence-corrected chi connectivity index (χ2v) is 10.3. The van der Waals surface area contributed by atoms with E-state index in [0.29, 0.717) is 36.4 Å². The molecule has 0 spiro atoms. The van der Waals surface area contributed by atoms with Crippen LogP contribution in [0.4, 0.5) is 5.69 Å². The number of hydrogen-bond donors (Lipinski definition) is 2. The van der Waals surface area contributed by atoms with Gasteiger partial charge in [0.15, 0.2) is 0 Å². The Bertz CT molecular complexity index is 1710. The van der Waals surface area contributed by atoms with Crippen LogP contribution in [0.5, 0.6) is 0 Å². The van der Waals surface area contributed by atoms with Crippen LogP contribution in [0.15, 0.2) is 42.9 Å². The summed E-state index contributed by atoms with van der Waals surface area (Å²) in [4.78, 5) is 40.9. The minimum absolute atomic E-state index is 0.0334. The highest BCUT2D eigenvalue weighted by atomic mass is 16.8. The molecule has 3 unspecified atom stereocenters. The standard InChI is InChI=1S/C27H27N3O7/c1-13-12-36-24-15(3)25-19(7-18(13)24)14(2)20(27(33)37-25)8-23(31)28-9-16-6-17(11-28)21-4-5-22(30(34)35)26(32)29(21)10-16/h4-5,7,12,16-17,30,34H,6,8-11H2,1-3H3. The van der Waals surface area contributed by atoms with Crippen molar-refractivity contribution in [2.75, 3.05) is 13.1 Å². The summed E-state index contributed by atoms with van der Waals surface area (Å²) < 4.78 is 12.9. The van der Waals surface area contributed by atoms with E-state index >= 15 is 0 Å². The molecule has 3 aromatic heterocycles. The monoisotopic (exact) mass is 505 g/mol. The Morgan fingerprint density at radius 2 is 1.89 bits per heavy atom. The molecule has 10 heteroatoms. The number of carbonyl (C=O) groups is 1. The zero-order valence-corrected chi connectivity index (χ0v) is 20.8. The number of likely N-dealkylation sites (tertiary alicyclic amines) is 1. The molecule has 0 saturated carbocycles. The third kappa shape index (κ3) is 3.63. The summed E-state index contributed by atoms with van der Waals surface area (Å²) in [7, 11) is 0. The molecule has 0 radical (unpaired) electrons. The first-order chi connectivity index (χ1) is 17.6. The van der Waals surface area contributed by atoms with Gasteiger partial charge in [-0.25, -0.2) is 10.0 Å². The second-order valence-electron chi connectivity index (χ2n) is 10.3. The largest absolute Gasteiger partial charge is 0.595 e. The molecular formula is C27H27N3O7. The Morgan fingerprint density at radius 3 is 2.65 bits per heavy atom. The van der Waals surface area contributed by atoms with Crippen LogP contribution >= 0.6 is 0 Å². The van der Waals surface area contributed by atoms with Gasteiger partial charge in [0.1, 0.15) is 11.2 Å². The molecule has 37 heavy (non-hydrogen) atoms. The van der Waals surface area contributed by atoms with Crippen molar-refractivity contribution in [1.29, 1.82) is 0 Å². The van der Waals surface area contributed by atoms with Gasteiger partial charge in [0.05, 0.1) is 18.2 Å². The number of fused-ring (bicyclic) bond motifs is 6. The predicted octanol–water partition coefficient (Wildman–Crippen LogP) is 2.22. The summed E-state index contributed by atoms with van der Waals surface area (Å²) in [6, 6.07) is 4.98. The zero-order valence-electron chi connectivity index (χ0n) is 20.8. The van der Waals surface area contributed by atoms with Crippen LogP contribution in [-0.2, 0) is 17.8 Å². The molecule has 2 aliphatic heterocycles. The maximum Gasteiger partial charge on any atom is 0.340 e. The fourth-order valence-electron chi connectivity index (χ4n) is 6.10. The van der Waals surface area contributed by atoms with E-state index < -0.39 is 16.4 Å². The van der Waals surface area contributed by atoms with E-state index in [2.05, 4.69) is 0 Å². The van der Waals surface area contributed by atoms with Gasteiger partial charge in [-0.3, -0.25) is 9.59 Å². The molecule has 1 amide bonds. The lowest BCUT2D eigenvalue weighted by atomic mass is 9.83. The molecule has 5 heterocycles. The lowest BCUT2D eigenvalue weighted by Gasteiger charge is -2.43. The molecule has 2 N–H and O–H groups in total. The van der Waals surface area contributed by atoms with Crippen LogP contribution in [0, 0.1) is 31.9 Å². The van der Waals surface area contributed by atoms with Gasteiger partial charge in [-0.2, -0.15) is 5.23 Å².